The van der Waals surface area contributed by atoms with Crippen LogP contribution in [0.1, 0.15) is 323 Å². The van der Waals surface area contributed by atoms with E-state index in [9.17, 15) is 14.4 Å². The highest BCUT2D eigenvalue weighted by atomic mass is 16.6. The summed E-state index contributed by atoms with van der Waals surface area (Å²) in [6.45, 7) is 6.65. The fourth-order valence-electron chi connectivity index (χ4n) is 8.73. The van der Waals surface area contributed by atoms with Gasteiger partial charge in [-0.05, 0) is 70.6 Å². The molecule has 0 aliphatic carbocycles. The van der Waals surface area contributed by atoms with Gasteiger partial charge >= 0.3 is 17.9 Å². The third-order valence-electron chi connectivity index (χ3n) is 13.2. The molecular weight excluding hydrogens is 817 g/mol. The van der Waals surface area contributed by atoms with Crippen molar-refractivity contribution in [1.82, 2.24) is 0 Å². The quantitative estimate of drug-likeness (QED) is 0.0262. The first kappa shape index (κ1) is 63.9. The first-order chi connectivity index (χ1) is 32.5. The normalized spacial score (nSPS) is 12.1. The Kier molecular flexibility index (Phi) is 53.7. The minimum absolute atomic E-state index is 0.0712. The van der Waals surface area contributed by atoms with Gasteiger partial charge in [0.25, 0.3) is 0 Å². The molecule has 0 unspecified atom stereocenters. The van der Waals surface area contributed by atoms with E-state index in [0.29, 0.717) is 19.3 Å². The molecule has 66 heavy (non-hydrogen) atoms. The lowest BCUT2D eigenvalue weighted by molar-refractivity contribution is -0.167. The number of carbonyl (C=O) groups excluding carboxylic acids is 3. The van der Waals surface area contributed by atoms with Gasteiger partial charge in [-0.15, -0.1) is 0 Å². The van der Waals surface area contributed by atoms with Crippen LogP contribution in [0.15, 0.2) is 24.3 Å². The van der Waals surface area contributed by atoms with E-state index in [4.69, 9.17) is 14.2 Å². The van der Waals surface area contributed by atoms with Crippen molar-refractivity contribution in [3.8, 4) is 0 Å². The molecule has 0 saturated heterocycles. The molecule has 0 aromatic heterocycles. The average molecular weight is 930 g/mol. The van der Waals surface area contributed by atoms with Gasteiger partial charge in [0.05, 0.1) is 0 Å². The Labute approximate surface area is 411 Å². The number of carbonyl (C=O) groups is 3. The molecule has 388 valence electrons. The van der Waals surface area contributed by atoms with Crippen LogP contribution in [0.4, 0.5) is 0 Å². The molecule has 0 spiro atoms. The summed E-state index contributed by atoms with van der Waals surface area (Å²) in [5, 5.41) is 0. The van der Waals surface area contributed by atoms with Gasteiger partial charge in [-0.2, -0.15) is 0 Å². The fourth-order valence-corrected chi connectivity index (χ4v) is 8.73. The second kappa shape index (κ2) is 55.5. The van der Waals surface area contributed by atoms with Gasteiger partial charge in [0.15, 0.2) is 6.10 Å². The van der Waals surface area contributed by atoms with Crippen LogP contribution in [0.5, 0.6) is 0 Å². The van der Waals surface area contributed by atoms with Crippen molar-refractivity contribution in [2.24, 2.45) is 0 Å². The van der Waals surface area contributed by atoms with Gasteiger partial charge in [0, 0.05) is 19.3 Å². The summed E-state index contributed by atoms with van der Waals surface area (Å²) >= 11 is 0. The molecule has 0 N–H and O–H groups in total. The number of unbranched alkanes of at least 4 members (excludes halogenated alkanes) is 39. The Morgan fingerprint density at radius 3 is 0.788 bits per heavy atom. The molecule has 0 heterocycles. The number of allylic oxidation sites excluding steroid dienone is 4. The summed E-state index contributed by atoms with van der Waals surface area (Å²) in [5.41, 5.74) is 0. The Bertz CT molecular complexity index is 1070. The summed E-state index contributed by atoms with van der Waals surface area (Å²) < 4.78 is 16.9. The predicted molar refractivity (Wildman–Crippen MR) is 284 cm³/mol. The lowest BCUT2D eigenvalue weighted by Gasteiger charge is -2.18. The second-order valence-electron chi connectivity index (χ2n) is 19.9. The number of hydrogen-bond donors (Lipinski definition) is 0. The average Bonchev–Trinajstić information content (AvgIpc) is 3.31. The van der Waals surface area contributed by atoms with Gasteiger partial charge in [-0.1, -0.05) is 257 Å². The minimum Gasteiger partial charge on any atom is -0.462 e. The first-order valence-corrected chi connectivity index (χ1v) is 29.3. The van der Waals surface area contributed by atoms with Crippen LogP contribution in [0, 0.1) is 0 Å². The van der Waals surface area contributed by atoms with Crippen molar-refractivity contribution < 1.29 is 28.6 Å². The van der Waals surface area contributed by atoms with Crippen molar-refractivity contribution in [3.05, 3.63) is 24.3 Å². The zero-order chi connectivity index (χ0) is 47.9. The van der Waals surface area contributed by atoms with Gasteiger partial charge < -0.3 is 14.2 Å². The molecule has 0 bridgehead atoms. The number of ether oxygens (including phenoxy) is 3. The third-order valence-corrected chi connectivity index (χ3v) is 13.2. The molecule has 6 heteroatoms. The standard InChI is InChI=1S/C60H112O6/c1-4-7-10-13-16-19-22-25-27-29-30-32-33-35-38-41-44-47-50-53-59(62)65-56-57(55-64-58(61)52-49-46-43-40-37-24-21-18-15-12-9-6-3)66-60(63)54-51-48-45-42-39-36-34-31-28-26-23-20-17-14-11-8-5-2/h18,21,26,28,57H,4-17,19-20,22-25,27,29-56H2,1-3H3/b21-18-,28-26-/t57-/m1/s1. The number of hydrogen-bond acceptors (Lipinski definition) is 6. The van der Waals surface area contributed by atoms with E-state index in [-0.39, 0.29) is 31.1 Å². The molecule has 0 rings (SSSR count). The zero-order valence-electron chi connectivity index (χ0n) is 44.5. The van der Waals surface area contributed by atoms with Crippen molar-refractivity contribution >= 4 is 17.9 Å². The van der Waals surface area contributed by atoms with E-state index in [1.807, 2.05) is 0 Å². The maximum absolute atomic E-state index is 12.8. The fraction of sp³-hybridized carbons (Fsp3) is 0.883. The van der Waals surface area contributed by atoms with Crippen LogP contribution >= 0.6 is 0 Å². The summed E-state index contributed by atoms with van der Waals surface area (Å²) in [6.07, 6.45) is 64.6. The van der Waals surface area contributed by atoms with Crippen molar-refractivity contribution in [2.75, 3.05) is 13.2 Å². The molecule has 0 aromatic rings. The van der Waals surface area contributed by atoms with E-state index in [2.05, 4.69) is 45.1 Å². The number of rotatable bonds is 54. The molecule has 0 fully saturated rings. The SMILES string of the molecule is CCCCC/C=C\CCCCCCCC(=O)OC[C@H](COC(=O)CCCCCCCCCCCCCCCCCCCCC)OC(=O)CCCCCCCCC/C=C\CCCCCCCC. The summed E-state index contributed by atoms with van der Waals surface area (Å²) in [6, 6.07) is 0. The van der Waals surface area contributed by atoms with E-state index in [0.717, 1.165) is 64.2 Å². The molecule has 0 aromatic carbocycles. The Morgan fingerprint density at radius 1 is 0.288 bits per heavy atom. The van der Waals surface area contributed by atoms with Crippen molar-refractivity contribution in [3.63, 3.8) is 0 Å². The van der Waals surface area contributed by atoms with Crippen LogP contribution in [-0.2, 0) is 28.6 Å². The van der Waals surface area contributed by atoms with E-state index in [1.54, 1.807) is 0 Å². The maximum Gasteiger partial charge on any atom is 0.306 e. The van der Waals surface area contributed by atoms with Crippen LogP contribution in [-0.4, -0.2) is 37.2 Å². The summed E-state index contributed by atoms with van der Waals surface area (Å²) in [5.74, 6) is -0.865. The van der Waals surface area contributed by atoms with Crippen LogP contribution in [0.2, 0.25) is 0 Å². The molecule has 0 saturated carbocycles. The third kappa shape index (κ3) is 52.9. The van der Waals surface area contributed by atoms with Crippen LogP contribution in [0.3, 0.4) is 0 Å². The molecule has 0 aliphatic heterocycles. The van der Waals surface area contributed by atoms with Crippen LogP contribution in [0.25, 0.3) is 0 Å². The smallest absolute Gasteiger partial charge is 0.306 e. The lowest BCUT2D eigenvalue weighted by Crippen LogP contribution is -2.30. The monoisotopic (exact) mass is 929 g/mol. The summed E-state index contributed by atoms with van der Waals surface area (Å²) in [7, 11) is 0. The highest BCUT2D eigenvalue weighted by molar-refractivity contribution is 5.71. The zero-order valence-corrected chi connectivity index (χ0v) is 44.5. The van der Waals surface area contributed by atoms with E-state index < -0.39 is 6.10 Å². The van der Waals surface area contributed by atoms with Gasteiger partial charge in [-0.25, -0.2) is 0 Å². The Morgan fingerprint density at radius 2 is 0.500 bits per heavy atom. The Balaban J connectivity index is 4.30. The maximum atomic E-state index is 12.8. The van der Waals surface area contributed by atoms with Crippen LogP contribution < -0.4 is 0 Å². The molecule has 1 atom stereocenters. The topological polar surface area (TPSA) is 78.9 Å². The van der Waals surface area contributed by atoms with Crippen molar-refractivity contribution in [1.29, 1.82) is 0 Å². The second-order valence-corrected chi connectivity index (χ2v) is 19.9. The molecule has 0 aliphatic rings. The van der Waals surface area contributed by atoms with E-state index in [1.165, 1.54) is 218 Å². The molecule has 0 radical (unpaired) electrons. The molecular formula is C60H112O6. The molecule has 0 amide bonds. The van der Waals surface area contributed by atoms with Crippen molar-refractivity contribution in [2.45, 2.75) is 329 Å². The van der Waals surface area contributed by atoms with Gasteiger partial charge in [-0.3, -0.25) is 14.4 Å². The largest absolute Gasteiger partial charge is 0.462 e. The minimum atomic E-state index is -0.773. The Hall–Kier alpha value is -2.11. The molecule has 6 nitrogen and oxygen atoms in total. The summed E-state index contributed by atoms with van der Waals surface area (Å²) in [4.78, 5) is 38.1. The predicted octanol–water partition coefficient (Wildman–Crippen LogP) is 19.5. The first-order valence-electron chi connectivity index (χ1n) is 29.3. The number of esters is 3. The highest BCUT2D eigenvalue weighted by Gasteiger charge is 2.19. The van der Waals surface area contributed by atoms with Gasteiger partial charge in [0.1, 0.15) is 13.2 Å². The van der Waals surface area contributed by atoms with E-state index >= 15 is 0 Å². The van der Waals surface area contributed by atoms with Gasteiger partial charge in [0.2, 0.25) is 0 Å². The highest BCUT2D eigenvalue weighted by Crippen LogP contribution is 2.17. The lowest BCUT2D eigenvalue weighted by atomic mass is 10.0.